The number of aromatic nitrogens is 1. The van der Waals surface area contributed by atoms with Crippen LogP contribution in [0.3, 0.4) is 0 Å². The van der Waals surface area contributed by atoms with E-state index in [0.29, 0.717) is 22.3 Å². The molecule has 1 N–H and O–H groups in total. The highest BCUT2D eigenvalue weighted by atomic mass is 35.5. The smallest absolute Gasteiger partial charge is 0.260 e. The topological polar surface area (TPSA) is 55.1 Å². The van der Waals surface area contributed by atoms with Crippen LogP contribution in [0.25, 0.3) is 0 Å². The molecule has 18 heavy (non-hydrogen) atoms. The molecule has 0 unspecified atom stereocenters. The molecule has 0 spiro atoms. The van der Waals surface area contributed by atoms with Crippen LogP contribution in [-0.2, 0) is 0 Å². The molecule has 0 aliphatic heterocycles. The standard InChI is InChI=1S/C13H13ClN2O2/c1-7-8(2)18-9(3)12(7)13(17)16-11-6-4-5-10(14)15-11/h4-6H,1-3H3,(H,15,16,17). The van der Waals surface area contributed by atoms with E-state index in [-0.39, 0.29) is 5.91 Å². The fourth-order valence-corrected chi connectivity index (χ4v) is 1.95. The van der Waals surface area contributed by atoms with E-state index in [1.165, 1.54) is 0 Å². The second kappa shape index (κ2) is 4.82. The predicted molar refractivity (Wildman–Crippen MR) is 70.1 cm³/mol. The molecular weight excluding hydrogens is 252 g/mol. The lowest BCUT2D eigenvalue weighted by molar-refractivity contribution is 0.102. The molecule has 5 heteroatoms. The zero-order valence-corrected chi connectivity index (χ0v) is 11.1. The number of hydrogen-bond donors (Lipinski definition) is 1. The summed E-state index contributed by atoms with van der Waals surface area (Å²) in [4.78, 5) is 16.1. The number of hydrogen-bond acceptors (Lipinski definition) is 3. The first-order valence-electron chi connectivity index (χ1n) is 5.49. The lowest BCUT2D eigenvalue weighted by Gasteiger charge is -2.04. The van der Waals surface area contributed by atoms with Crippen molar-refractivity contribution in [3.63, 3.8) is 0 Å². The number of pyridine rings is 1. The molecule has 4 nitrogen and oxygen atoms in total. The van der Waals surface area contributed by atoms with Gasteiger partial charge in [-0.05, 0) is 32.9 Å². The van der Waals surface area contributed by atoms with E-state index in [9.17, 15) is 4.79 Å². The number of carbonyl (C=O) groups excluding carboxylic acids is 1. The third-order valence-corrected chi connectivity index (χ3v) is 2.96. The van der Waals surface area contributed by atoms with Crippen LogP contribution in [0.15, 0.2) is 22.6 Å². The summed E-state index contributed by atoms with van der Waals surface area (Å²) in [6.07, 6.45) is 0. The van der Waals surface area contributed by atoms with E-state index < -0.39 is 0 Å². The number of rotatable bonds is 2. The first-order valence-corrected chi connectivity index (χ1v) is 5.87. The Bertz CT molecular complexity index is 605. The molecule has 0 aromatic carbocycles. The Morgan fingerprint density at radius 2 is 2.00 bits per heavy atom. The van der Waals surface area contributed by atoms with Crippen molar-refractivity contribution < 1.29 is 9.21 Å². The number of furan rings is 1. The maximum atomic E-state index is 12.1. The highest BCUT2D eigenvalue weighted by molar-refractivity contribution is 6.29. The first-order chi connectivity index (χ1) is 8.49. The van der Waals surface area contributed by atoms with Crippen molar-refractivity contribution in [2.45, 2.75) is 20.8 Å². The Balaban J connectivity index is 2.27. The number of carbonyl (C=O) groups is 1. The van der Waals surface area contributed by atoms with E-state index in [1.54, 1.807) is 25.1 Å². The molecule has 0 fully saturated rings. The fourth-order valence-electron chi connectivity index (χ4n) is 1.78. The first kappa shape index (κ1) is 12.6. The molecule has 2 heterocycles. The maximum absolute atomic E-state index is 12.1. The van der Waals surface area contributed by atoms with Gasteiger partial charge in [0.25, 0.3) is 5.91 Å². The van der Waals surface area contributed by atoms with Gasteiger partial charge in [-0.15, -0.1) is 0 Å². The molecule has 0 bridgehead atoms. The summed E-state index contributed by atoms with van der Waals surface area (Å²) in [5.74, 6) is 1.53. The van der Waals surface area contributed by atoms with Gasteiger partial charge in [-0.2, -0.15) is 0 Å². The van der Waals surface area contributed by atoms with Gasteiger partial charge in [0.05, 0.1) is 5.56 Å². The zero-order chi connectivity index (χ0) is 13.3. The van der Waals surface area contributed by atoms with Gasteiger partial charge in [0, 0.05) is 5.56 Å². The summed E-state index contributed by atoms with van der Waals surface area (Å²) in [6.45, 7) is 5.45. The minimum absolute atomic E-state index is 0.239. The minimum atomic E-state index is -0.239. The molecule has 1 amide bonds. The molecule has 2 rings (SSSR count). The molecule has 0 aliphatic rings. The molecule has 94 valence electrons. The molecule has 0 saturated heterocycles. The maximum Gasteiger partial charge on any atom is 0.260 e. The summed E-state index contributed by atoms with van der Waals surface area (Å²) >= 11 is 5.76. The van der Waals surface area contributed by atoms with Crippen molar-refractivity contribution in [1.29, 1.82) is 0 Å². The predicted octanol–water partition coefficient (Wildman–Crippen LogP) is 3.51. The number of anilines is 1. The summed E-state index contributed by atoms with van der Waals surface area (Å²) in [6, 6.07) is 5.06. The Kier molecular flexibility index (Phi) is 3.39. The van der Waals surface area contributed by atoms with Crippen LogP contribution in [0.1, 0.15) is 27.4 Å². The largest absolute Gasteiger partial charge is 0.466 e. The van der Waals surface area contributed by atoms with Crippen LogP contribution in [-0.4, -0.2) is 10.9 Å². The van der Waals surface area contributed by atoms with Crippen LogP contribution >= 0.6 is 11.6 Å². The monoisotopic (exact) mass is 264 g/mol. The molecular formula is C13H13ClN2O2. The van der Waals surface area contributed by atoms with E-state index in [0.717, 1.165) is 11.3 Å². The summed E-state index contributed by atoms with van der Waals surface area (Å²) in [5.41, 5.74) is 1.39. The number of nitrogens with one attached hydrogen (secondary N) is 1. The van der Waals surface area contributed by atoms with Crippen molar-refractivity contribution in [2.75, 3.05) is 5.32 Å². The SMILES string of the molecule is Cc1oc(C)c(C(=O)Nc2cccc(Cl)n2)c1C. The zero-order valence-electron chi connectivity index (χ0n) is 10.4. The second-order valence-electron chi connectivity index (χ2n) is 4.01. The van der Waals surface area contributed by atoms with E-state index in [4.69, 9.17) is 16.0 Å². The van der Waals surface area contributed by atoms with E-state index in [1.807, 2.05) is 13.8 Å². The highest BCUT2D eigenvalue weighted by Crippen LogP contribution is 2.21. The van der Waals surface area contributed by atoms with Crippen LogP contribution in [0.2, 0.25) is 5.15 Å². The van der Waals surface area contributed by atoms with E-state index in [2.05, 4.69) is 10.3 Å². The molecule has 0 saturated carbocycles. The van der Waals surface area contributed by atoms with Gasteiger partial charge >= 0.3 is 0 Å². The van der Waals surface area contributed by atoms with Gasteiger partial charge in [-0.25, -0.2) is 4.98 Å². The normalized spacial score (nSPS) is 10.4. The van der Waals surface area contributed by atoms with Crippen molar-refractivity contribution in [3.8, 4) is 0 Å². The Labute approximate surface area is 110 Å². The van der Waals surface area contributed by atoms with Crippen molar-refractivity contribution in [1.82, 2.24) is 4.98 Å². The third-order valence-electron chi connectivity index (χ3n) is 2.75. The lowest BCUT2D eigenvalue weighted by Crippen LogP contribution is -2.14. The quantitative estimate of drug-likeness (QED) is 0.845. The Morgan fingerprint density at radius 1 is 1.28 bits per heavy atom. The number of halogens is 1. The summed E-state index contributed by atoms with van der Waals surface area (Å²) < 4.78 is 5.42. The second-order valence-corrected chi connectivity index (χ2v) is 4.40. The third kappa shape index (κ3) is 2.38. The van der Waals surface area contributed by atoms with Gasteiger partial charge < -0.3 is 9.73 Å². The van der Waals surface area contributed by atoms with Crippen LogP contribution < -0.4 is 5.32 Å². The minimum Gasteiger partial charge on any atom is -0.466 e. The molecule has 0 radical (unpaired) electrons. The summed E-state index contributed by atoms with van der Waals surface area (Å²) in [7, 11) is 0. The van der Waals surface area contributed by atoms with Crippen LogP contribution in [0.5, 0.6) is 0 Å². The van der Waals surface area contributed by atoms with E-state index >= 15 is 0 Å². The highest BCUT2D eigenvalue weighted by Gasteiger charge is 2.18. The van der Waals surface area contributed by atoms with Crippen LogP contribution in [0, 0.1) is 20.8 Å². The van der Waals surface area contributed by atoms with Gasteiger partial charge in [-0.3, -0.25) is 4.79 Å². The number of aryl methyl sites for hydroxylation is 2. The average molecular weight is 265 g/mol. The van der Waals surface area contributed by atoms with Crippen molar-refractivity contribution in [2.24, 2.45) is 0 Å². The Morgan fingerprint density at radius 3 is 2.56 bits per heavy atom. The molecule has 0 aliphatic carbocycles. The molecule has 2 aromatic rings. The van der Waals surface area contributed by atoms with Gasteiger partial charge in [0.15, 0.2) is 0 Å². The lowest BCUT2D eigenvalue weighted by atomic mass is 10.1. The van der Waals surface area contributed by atoms with Crippen molar-refractivity contribution >= 4 is 23.3 Å². The van der Waals surface area contributed by atoms with Gasteiger partial charge in [-0.1, -0.05) is 17.7 Å². The number of nitrogens with zero attached hydrogens (tertiary/aromatic N) is 1. The van der Waals surface area contributed by atoms with Gasteiger partial charge in [0.1, 0.15) is 22.5 Å². The summed E-state index contributed by atoms with van der Waals surface area (Å²) in [5, 5.41) is 3.04. The molecule has 0 atom stereocenters. The Hall–Kier alpha value is -1.81. The number of amides is 1. The van der Waals surface area contributed by atoms with Crippen molar-refractivity contribution in [3.05, 3.63) is 46.0 Å². The van der Waals surface area contributed by atoms with Crippen LogP contribution in [0.4, 0.5) is 5.82 Å². The van der Waals surface area contributed by atoms with Gasteiger partial charge in [0.2, 0.25) is 0 Å². The average Bonchev–Trinajstić information content (AvgIpc) is 2.53. The molecule has 2 aromatic heterocycles. The fraction of sp³-hybridized carbons (Fsp3) is 0.231.